The number of halogens is 3. The highest BCUT2D eigenvalue weighted by Crippen LogP contribution is 2.32. The standard InChI is InChI=1S/C29H20F3N5O3/c1-2-26(38)34-19-7-5-6-17(14-19)23-15-24-25(16-33-23)37(28(40)36-24)20-12-10-18(11-13-20)35-27(39)21-8-3-4-9-22(21)29(30,31)32/h2-16H,1H2,(H,34,38)(H,35,39)(H,36,40). The summed E-state index contributed by atoms with van der Waals surface area (Å²) in [4.78, 5) is 44.3. The van der Waals surface area contributed by atoms with Gasteiger partial charge in [0.05, 0.1) is 39.7 Å². The largest absolute Gasteiger partial charge is 0.417 e. The second-order valence-corrected chi connectivity index (χ2v) is 8.67. The highest BCUT2D eigenvalue weighted by atomic mass is 19.4. The van der Waals surface area contributed by atoms with Gasteiger partial charge in [-0.3, -0.25) is 19.1 Å². The number of fused-ring (bicyclic) bond motifs is 1. The van der Waals surface area contributed by atoms with Gasteiger partial charge in [0.2, 0.25) is 5.91 Å². The fourth-order valence-corrected chi connectivity index (χ4v) is 4.19. The van der Waals surface area contributed by atoms with Gasteiger partial charge in [-0.2, -0.15) is 13.2 Å². The summed E-state index contributed by atoms with van der Waals surface area (Å²) in [6, 6.07) is 19.3. The summed E-state index contributed by atoms with van der Waals surface area (Å²) in [5, 5.41) is 5.15. The Kier molecular flexibility index (Phi) is 6.78. The molecule has 0 saturated heterocycles. The summed E-state index contributed by atoms with van der Waals surface area (Å²) < 4.78 is 41.2. The van der Waals surface area contributed by atoms with Crippen LogP contribution in [0, 0.1) is 0 Å². The SMILES string of the molecule is C=CC(=O)Nc1cccc(-c2cc3[nH]c(=O)n(-c4ccc(NC(=O)c5ccccc5C(F)(F)F)cc4)c3cn2)c1. The molecule has 8 nitrogen and oxygen atoms in total. The van der Waals surface area contributed by atoms with E-state index in [-0.39, 0.29) is 11.6 Å². The number of carbonyl (C=O) groups is 2. The Hall–Kier alpha value is -5.45. The van der Waals surface area contributed by atoms with Crippen LogP contribution in [0.4, 0.5) is 24.5 Å². The molecule has 2 heterocycles. The number of pyridine rings is 1. The first kappa shape index (κ1) is 26.2. The first-order valence-corrected chi connectivity index (χ1v) is 11.9. The van der Waals surface area contributed by atoms with Crippen molar-refractivity contribution in [1.82, 2.24) is 14.5 Å². The predicted molar refractivity (Wildman–Crippen MR) is 145 cm³/mol. The Bertz CT molecular complexity index is 1820. The highest BCUT2D eigenvalue weighted by Gasteiger charge is 2.34. The third-order valence-electron chi connectivity index (χ3n) is 6.04. The van der Waals surface area contributed by atoms with Gasteiger partial charge >= 0.3 is 11.9 Å². The molecule has 2 aromatic heterocycles. The Morgan fingerprint density at radius 3 is 2.40 bits per heavy atom. The monoisotopic (exact) mass is 543 g/mol. The van der Waals surface area contributed by atoms with Gasteiger partial charge in [0.15, 0.2) is 0 Å². The van der Waals surface area contributed by atoms with Gasteiger partial charge in [0.25, 0.3) is 5.91 Å². The number of rotatable bonds is 6. The van der Waals surface area contributed by atoms with Crippen LogP contribution in [0.25, 0.3) is 28.0 Å². The summed E-state index contributed by atoms with van der Waals surface area (Å²) in [7, 11) is 0. The smallest absolute Gasteiger partial charge is 0.323 e. The van der Waals surface area contributed by atoms with Crippen molar-refractivity contribution in [3.63, 3.8) is 0 Å². The molecular formula is C29H20F3N5O3. The van der Waals surface area contributed by atoms with Gasteiger partial charge in [-0.25, -0.2) is 4.79 Å². The lowest BCUT2D eigenvalue weighted by Crippen LogP contribution is -2.18. The van der Waals surface area contributed by atoms with Crippen molar-refractivity contribution < 1.29 is 22.8 Å². The number of amides is 2. The van der Waals surface area contributed by atoms with Gasteiger partial charge in [-0.05, 0) is 60.7 Å². The molecule has 0 fully saturated rings. The molecular weight excluding hydrogens is 523 g/mol. The Morgan fingerprint density at radius 1 is 0.925 bits per heavy atom. The molecule has 0 aliphatic carbocycles. The quantitative estimate of drug-likeness (QED) is 0.236. The molecule has 0 unspecified atom stereocenters. The molecule has 0 bridgehead atoms. The fourth-order valence-electron chi connectivity index (χ4n) is 4.19. The molecule has 3 aromatic carbocycles. The maximum Gasteiger partial charge on any atom is 0.417 e. The van der Waals surface area contributed by atoms with Crippen molar-refractivity contribution in [2.24, 2.45) is 0 Å². The van der Waals surface area contributed by atoms with E-state index in [0.29, 0.717) is 33.7 Å². The van der Waals surface area contributed by atoms with Crippen molar-refractivity contribution in [3.8, 4) is 16.9 Å². The molecule has 0 aliphatic heterocycles. The number of hydrogen-bond acceptors (Lipinski definition) is 4. The predicted octanol–water partition coefficient (Wildman–Crippen LogP) is 5.78. The molecule has 0 spiro atoms. The molecule has 200 valence electrons. The molecule has 0 radical (unpaired) electrons. The van der Waals surface area contributed by atoms with Gasteiger partial charge < -0.3 is 15.6 Å². The molecule has 0 atom stereocenters. The number of nitrogens with one attached hydrogen (secondary N) is 3. The number of nitrogens with zero attached hydrogens (tertiary/aromatic N) is 2. The summed E-state index contributed by atoms with van der Waals surface area (Å²) in [6.07, 6.45) is -1.98. The third kappa shape index (κ3) is 5.25. The Morgan fingerprint density at radius 2 is 1.68 bits per heavy atom. The number of imidazole rings is 1. The molecule has 5 rings (SSSR count). The lowest BCUT2D eigenvalue weighted by molar-refractivity contribution is -0.137. The maximum absolute atomic E-state index is 13.3. The molecule has 11 heteroatoms. The van der Waals surface area contributed by atoms with Crippen molar-refractivity contribution in [2.45, 2.75) is 6.18 Å². The topological polar surface area (TPSA) is 109 Å². The maximum atomic E-state index is 13.3. The number of H-pyrrole nitrogens is 1. The number of benzene rings is 3. The zero-order chi connectivity index (χ0) is 28.4. The number of alkyl halides is 3. The van der Waals surface area contributed by atoms with E-state index in [1.165, 1.54) is 35.0 Å². The summed E-state index contributed by atoms with van der Waals surface area (Å²) in [5.74, 6) is -1.26. The van der Waals surface area contributed by atoms with Crippen LogP contribution in [0.5, 0.6) is 0 Å². The lowest BCUT2D eigenvalue weighted by atomic mass is 10.1. The Balaban J connectivity index is 1.40. The van der Waals surface area contributed by atoms with Gasteiger partial charge in [0.1, 0.15) is 0 Å². The first-order chi connectivity index (χ1) is 19.1. The lowest BCUT2D eigenvalue weighted by Gasteiger charge is -2.13. The fraction of sp³-hybridized carbons (Fsp3) is 0.0345. The first-order valence-electron chi connectivity index (χ1n) is 11.9. The van der Waals surface area contributed by atoms with E-state index in [4.69, 9.17) is 0 Å². The van der Waals surface area contributed by atoms with E-state index in [2.05, 4.69) is 27.2 Å². The number of anilines is 2. The summed E-state index contributed by atoms with van der Waals surface area (Å²) in [5.41, 5.74) is 1.57. The van der Waals surface area contributed by atoms with E-state index in [9.17, 15) is 27.6 Å². The van der Waals surface area contributed by atoms with Crippen LogP contribution < -0.4 is 16.3 Å². The van der Waals surface area contributed by atoms with E-state index < -0.39 is 28.9 Å². The van der Waals surface area contributed by atoms with Gasteiger partial charge in [-0.1, -0.05) is 30.8 Å². The van der Waals surface area contributed by atoms with Crippen molar-refractivity contribution in [2.75, 3.05) is 10.6 Å². The zero-order valence-corrected chi connectivity index (χ0v) is 20.6. The zero-order valence-electron chi connectivity index (χ0n) is 20.6. The molecule has 3 N–H and O–H groups in total. The Labute approximate surface area is 224 Å². The molecule has 5 aromatic rings. The summed E-state index contributed by atoms with van der Waals surface area (Å²) >= 11 is 0. The van der Waals surface area contributed by atoms with Crippen LogP contribution in [0.3, 0.4) is 0 Å². The summed E-state index contributed by atoms with van der Waals surface area (Å²) in [6.45, 7) is 3.43. The van der Waals surface area contributed by atoms with Crippen LogP contribution in [-0.2, 0) is 11.0 Å². The van der Waals surface area contributed by atoms with Crippen molar-refractivity contribution >= 4 is 34.2 Å². The van der Waals surface area contributed by atoms with E-state index in [0.717, 1.165) is 18.2 Å². The van der Waals surface area contributed by atoms with Crippen LogP contribution in [0.2, 0.25) is 0 Å². The number of hydrogen-bond donors (Lipinski definition) is 3. The van der Waals surface area contributed by atoms with Crippen molar-refractivity contribution in [3.05, 3.63) is 119 Å². The van der Waals surface area contributed by atoms with E-state index in [1.54, 1.807) is 36.4 Å². The van der Waals surface area contributed by atoms with Crippen molar-refractivity contribution in [1.29, 1.82) is 0 Å². The third-order valence-corrected chi connectivity index (χ3v) is 6.04. The van der Waals surface area contributed by atoms with Crippen LogP contribution in [0.1, 0.15) is 15.9 Å². The highest BCUT2D eigenvalue weighted by molar-refractivity contribution is 6.05. The number of aromatic nitrogens is 3. The number of carbonyl (C=O) groups excluding carboxylic acids is 2. The second kappa shape index (κ2) is 10.4. The molecule has 2 amide bonds. The molecule has 40 heavy (non-hydrogen) atoms. The van der Waals surface area contributed by atoms with Gasteiger partial charge in [0, 0.05) is 16.9 Å². The van der Waals surface area contributed by atoms with Crippen LogP contribution in [0.15, 0.2) is 103 Å². The number of aromatic amines is 1. The normalized spacial score (nSPS) is 11.3. The molecule has 0 aliphatic rings. The second-order valence-electron chi connectivity index (χ2n) is 8.67. The average molecular weight is 544 g/mol. The van der Waals surface area contributed by atoms with Crippen LogP contribution in [-0.4, -0.2) is 26.3 Å². The van der Waals surface area contributed by atoms with E-state index in [1.807, 2.05) is 6.07 Å². The van der Waals surface area contributed by atoms with Gasteiger partial charge in [-0.15, -0.1) is 0 Å². The minimum atomic E-state index is -4.67. The van der Waals surface area contributed by atoms with Crippen LogP contribution >= 0.6 is 0 Å². The minimum absolute atomic E-state index is 0.252. The van der Waals surface area contributed by atoms with E-state index >= 15 is 0 Å². The average Bonchev–Trinajstić information content (AvgIpc) is 3.28. The minimum Gasteiger partial charge on any atom is -0.323 e. The molecule has 0 saturated carbocycles.